The first kappa shape index (κ1) is 24.8. The van der Waals surface area contributed by atoms with Gasteiger partial charge in [0.15, 0.2) is 0 Å². The second kappa shape index (κ2) is 18.6. The van der Waals surface area contributed by atoms with E-state index in [2.05, 4.69) is 19.1 Å². The number of aliphatic carboxylic acids is 1. The van der Waals surface area contributed by atoms with E-state index in [0.29, 0.717) is 12.8 Å². The number of allylic oxidation sites excluding steroid dienone is 8. The van der Waals surface area contributed by atoms with E-state index in [4.69, 9.17) is 9.84 Å². The molecule has 0 aliphatic heterocycles. The van der Waals surface area contributed by atoms with Crippen molar-refractivity contribution >= 4 is 5.97 Å². The SMILES string of the molecule is CC/C=C\C[C@@H](/C=C/C=C\C/C=C\C=C\[C@@H](O)/C=C\CCCC(=O)O)OC. The zero-order valence-corrected chi connectivity index (χ0v) is 16.5. The maximum atomic E-state index is 10.4. The highest BCUT2D eigenvalue weighted by molar-refractivity contribution is 5.66. The van der Waals surface area contributed by atoms with Crippen molar-refractivity contribution in [2.24, 2.45) is 0 Å². The number of carbonyl (C=O) groups is 1. The summed E-state index contributed by atoms with van der Waals surface area (Å²) in [4.78, 5) is 10.4. The van der Waals surface area contributed by atoms with Crippen LogP contribution < -0.4 is 0 Å². The van der Waals surface area contributed by atoms with Crippen LogP contribution in [-0.2, 0) is 9.53 Å². The van der Waals surface area contributed by atoms with Gasteiger partial charge in [-0.3, -0.25) is 4.79 Å². The lowest BCUT2D eigenvalue weighted by Crippen LogP contribution is -2.04. The summed E-state index contributed by atoms with van der Waals surface area (Å²) in [5.74, 6) is -0.791. The zero-order chi connectivity index (χ0) is 20.2. The Morgan fingerprint density at radius 1 is 0.963 bits per heavy atom. The number of hydrogen-bond donors (Lipinski definition) is 2. The topological polar surface area (TPSA) is 66.8 Å². The van der Waals surface area contributed by atoms with Crippen molar-refractivity contribution in [2.45, 2.75) is 57.7 Å². The standard InChI is InChI=1S/C23H34O4/c1-3-4-11-18-22(27-2)19-14-9-7-5-6-8-12-16-21(24)17-13-10-15-20-23(25)26/h4,6-9,11-14,16-17,19,21-22,24H,3,5,10,15,18,20H2,1-2H3,(H,25,26)/b8-6-,9-7-,11-4-,16-12+,17-13-,19-14+/t21-,22+/m1/s1. The third-order valence-electron chi connectivity index (χ3n) is 3.57. The highest BCUT2D eigenvalue weighted by atomic mass is 16.5. The Morgan fingerprint density at radius 3 is 2.30 bits per heavy atom. The molecule has 4 heteroatoms. The van der Waals surface area contributed by atoms with Crippen LogP contribution in [0.5, 0.6) is 0 Å². The molecule has 0 saturated heterocycles. The second-order valence-electron chi connectivity index (χ2n) is 5.96. The third-order valence-corrected chi connectivity index (χ3v) is 3.57. The molecule has 0 aliphatic carbocycles. The summed E-state index contributed by atoms with van der Waals surface area (Å²) < 4.78 is 5.38. The van der Waals surface area contributed by atoms with Crippen LogP contribution in [0.3, 0.4) is 0 Å². The first-order chi connectivity index (χ1) is 13.1. The molecule has 4 nitrogen and oxygen atoms in total. The van der Waals surface area contributed by atoms with Crippen LogP contribution in [-0.4, -0.2) is 35.5 Å². The fourth-order valence-electron chi connectivity index (χ4n) is 2.08. The molecule has 2 atom stereocenters. The Hall–Kier alpha value is -2.17. The number of aliphatic hydroxyl groups is 1. The largest absolute Gasteiger partial charge is 0.481 e. The summed E-state index contributed by atoms with van der Waals surface area (Å²) in [6.45, 7) is 2.11. The average molecular weight is 375 g/mol. The lowest BCUT2D eigenvalue weighted by atomic mass is 10.2. The van der Waals surface area contributed by atoms with Gasteiger partial charge in [0.25, 0.3) is 0 Å². The van der Waals surface area contributed by atoms with Gasteiger partial charge in [-0.25, -0.2) is 0 Å². The summed E-state index contributed by atoms with van der Waals surface area (Å²) in [6.07, 6.45) is 26.8. The van der Waals surface area contributed by atoms with Gasteiger partial charge in [0.2, 0.25) is 0 Å². The quantitative estimate of drug-likeness (QED) is 0.236. The van der Waals surface area contributed by atoms with Gasteiger partial charge in [-0.1, -0.05) is 79.8 Å². The van der Waals surface area contributed by atoms with E-state index >= 15 is 0 Å². The average Bonchev–Trinajstić information content (AvgIpc) is 2.64. The first-order valence-corrected chi connectivity index (χ1v) is 9.51. The van der Waals surface area contributed by atoms with Gasteiger partial charge in [0, 0.05) is 13.5 Å². The van der Waals surface area contributed by atoms with Crippen LogP contribution >= 0.6 is 0 Å². The Balaban J connectivity index is 3.97. The predicted molar refractivity (Wildman–Crippen MR) is 113 cm³/mol. The fourth-order valence-corrected chi connectivity index (χ4v) is 2.08. The molecule has 0 radical (unpaired) electrons. The molecule has 0 unspecified atom stereocenters. The molecule has 150 valence electrons. The smallest absolute Gasteiger partial charge is 0.303 e. The van der Waals surface area contributed by atoms with E-state index < -0.39 is 12.1 Å². The maximum Gasteiger partial charge on any atom is 0.303 e. The highest BCUT2D eigenvalue weighted by Crippen LogP contribution is 2.02. The number of aliphatic hydroxyl groups excluding tert-OH is 1. The number of hydrogen-bond acceptors (Lipinski definition) is 3. The van der Waals surface area contributed by atoms with Gasteiger partial charge < -0.3 is 14.9 Å². The minimum absolute atomic E-state index is 0.106. The number of unbranched alkanes of at least 4 members (excludes halogenated alkanes) is 1. The molecule has 0 heterocycles. The second-order valence-corrected chi connectivity index (χ2v) is 5.96. The summed E-state index contributed by atoms with van der Waals surface area (Å²) in [5, 5.41) is 18.2. The van der Waals surface area contributed by atoms with E-state index in [9.17, 15) is 9.90 Å². The van der Waals surface area contributed by atoms with Crippen LogP contribution in [0.15, 0.2) is 72.9 Å². The molecule has 2 N–H and O–H groups in total. The van der Waals surface area contributed by atoms with Crippen LogP contribution in [0, 0.1) is 0 Å². The number of carboxylic acid groups (broad SMARTS) is 1. The highest BCUT2D eigenvalue weighted by Gasteiger charge is 1.97. The summed E-state index contributed by atoms with van der Waals surface area (Å²) in [5.41, 5.74) is 0. The Kier molecular flexibility index (Phi) is 17.1. The minimum Gasteiger partial charge on any atom is -0.481 e. The first-order valence-electron chi connectivity index (χ1n) is 9.51. The predicted octanol–water partition coefficient (Wildman–Crippen LogP) is 5.14. The molecule has 0 saturated carbocycles. The molecule has 0 aliphatic rings. The van der Waals surface area contributed by atoms with Gasteiger partial charge in [-0.05, 0) is 32.1 Å². The Morgan fingerprint density at radius 2 is 1.67 bits per heavy atom. The molecule has 0 aromatic heterocycles. The molecule has 0 rings (SSSR count). The molecule has 0 amide bonds. The molecule has 0 fully saturated rings. The van der Waals surface area contributed by atoms with Crippen molar-refractivity contribution in [3.05, 3.63) is 72.9 Å². The molecular formula is C23H34O4. The maximum absolute atomic E-state index is 10.4. The van der Waals surface area contributed by atoms with Gasteiger partial charge in [0.05, 0.1) is 12.2 Å². The molecule has 0 bridgehead atoms. The van der Waals surface area contributed by atoms with E-state index in [1.54, 1.807) is 25.3 Å². The normalized spacial score (nSPS) is 15.4. The van der Waals surface area contributed by atoms with E-state index in [1.807, 2.05) is 42.5 Å². The molecular weight excluding hydrogens is 340 g/mol. The van der Waals surface area contributed by atoms with E-state index in [0.717, 1.165) is 19.3 Å². The molecule has 0 aromatic rings. The molecule has 27 heavy (non-hydrogen) atoms. The van der Waals surface area contributed by atoms with E-state index in [1.165, 1.54) is 0 Å². The zero-order valence-electron chi connectivity index (χ0n) is 16.5. The van der Waals surface area contributed by atoms with Crippen molar-refractivity contribution in [1.29, 1.82) is 0 Å². The third kappa shape index (κ3) is 18.4. The monoisotopic (exact) mass is 374 g/mol. The van der Waals surface area contributed by atoms with Crippen molar-refractivity contribution < 1.29 is 19.7 Å². The van der Waals surface area contributed by atoms with Crippen molar-refractivity contribution in [3.8, 4) is 0 Å². The number of ether oxygens (including phenoxy) is 1. The van der Waals surface area contributed by atoms with Crippen molar-refractivity contribution in [2.75, 3.05) is 7.11 Å². The Labute approximate surface area is 163 Å². The summed E-state index contributed by atoms with van der Waals surface area (Å²) in [7, 11) is 1.72. The molecule has 0 aromatic carbocycles. The van der Waals surface area contributed by atoms with Crippen LogP contribution in [0.25, 0.3) is 0 Å². The van der Waals surface area contributed by atoms with Gasteiger partial charge in [-0.2, -0.15) is 0 Å². The van der Waals surface area contributed by atoms with Crippen LogP contribution in [0.1, 0.15) is 45.4 Å². The lowest BCUT2D eigenvalue weighted by molar-refractivity contribution is -0.137. The number of methoxy groups -OCH3 is 1. The summed E-state index contributed by atoms with van der Waals surface area (Å²) >= 11 is 0. The van der Waals surface area contributed by atoms with Gasteiger partial charge in [-0.15, -0.1) is 0 Å². The van der Waals surface area contributed by atoms with E-state index in [-0.39, 0.29) is 12.5 Å². The summed E-state index contributed by atoms with van der Waals surface area (Å²) in [6, 6.07) is 0. The van der Waals surface area contributed by atoms with Crippen LogP contribution in [0.2, 0.25) is 0 Å². The number of rotatable bonds is 15. The Bertz CT molecular complexity index is 539. The van der Waals surface area contributed by atoms with Crippen molar-refractivity contribution in [3.63, 3.8) is 0 Å². The minimum atomic E-state index is -0.791. The van der Waals surface area contributed by atoms with Gasteiger partial charge in [0.1, 0.15) is 0 Å². The molecule has 0 spiro atoms. The van der Waals surface area contributed by atoms with Crippen LogP contribution in [0.4, 0.5) is 0 Å². The fraction of sp³-hybridized carbons (Fsp3) is 0.435. The lowest BCUT2D eigenvalue weighted by Gasteiger charge is -2.06. The van der Waals surface area contributed by atoms with Gasteiger partial charge >= 0.3 is 5.97 Å². The number of carboxylic acids is 1. The van der Waals surface area contributed by atoms with Crippen molar-refractivity contribution in [1.82, 2.24) is 0 Å².